The molecule has 3 aromatic carbocycles. The van der Waals surface area contributed by atoms with Crippen molar-refractivity contribution in [2.75, 3.05) is 30.9 Å². The van der Waals surface area contributed by atoms with Crippen LogP contribution in [0.1, 0.15) is 29.8 Å². The molecule has 2 heterocycles. The highest BCUT2D eigenvalue weighted by atomic mass is 32.2. The van der Waals surface area contributed by atoms with E-state index in [0.29, 0.717) is 10.9 Å². The van der Waals surface area contributed by atoms with E-state index >= 15 is 0 Å². The molecule has 0 aliphatic carbocycles. The summed E-state index contributed by atoms with van der Waals surface area (Å²) < 4.78 is 86.2. The van der Waals surface area contributed by atoms with Crippen LogP contribution in [-0.4, -0.2) is 67.6 Å². The molecule has 5 rings (SSSR count). The van der Waals surface area contributed by atoms with Crippen molar-refractivity contribution in [3.63, 3.8) is 0 Å². The average Bonchev–Trinajstić information content (AvgIpc) is 3.00. The fraction of sp³-hybridized carbons (Fsp3) is 0.258. The summed E-state index contributed by atoms with van der Waals surface area (Å²) in [5.41, 5.74) is -0.923. The van der Waals surface area contributed by atoms with Crippen molar-refractivity contribution in [3.05, 3.63) is 95.9 Å². The van der Waals surface area contributed by atoms with Crippen LogP contribution >= 0.6 is 0 Å². The molecule has 1 aliphatic rings. The Balaban J connectivity index is 1.34. The molecule has 0 atom stereocenters. The van der Waals surface area contributed by atoms with Crippen molar-refractivity contribution >= 4 is 38.4 Å². The van der Waals surface area contributed by atoms with Crippen LogP contribution in [0, 0.1) is 5.82 Å². The smallest absolute Gasteiger partial charge is 0.404 e. The van der Waals surface area contributed by atoms with Gasteiger partial charge in [0.05, 0.1) is 16.6 Å². The minimum atomic E-state index is -5.19. The summed E-state index contributed by atoms with van der Waals surface area (Å²) in [6, 6.07) is 16.3. The molecule has 45 heavy (non-hydrogen) atoms. The number of para-hydroxylation sites is 1. The van der Waals surface area contributed by atoms with Crippen LogP contribution in [0.5, 0.6) is 5.75 Å². The number of ether oxygens (including phenoxy) is 1. The van der Waals surface area contributed by atoms with Crippen LogP contribution in [0.4, 0.5) is 23.2 Å². The van der Waals surface area contributed by atoms with Gasteiger partial charge in [-0.1, -0.05) is 30.3 Å². The van der Waals surface area contributed by atoms with E-state index in [0.717, 1.165) is 12.1 Å². The highest BCUT2D eigenvalue weighted by molar-refractivity contribution is 7.93. The van der Waals surface area contributed by atoms with Crippen molar-refractivity contribution in [3.8, 4) is 5.75 Å². The Hall–Kier alpha value is -4.72. The SMILES string of the molecule is CC(C)(C(=O)N1CCN(C(=O)c2ccc(NS(=O)(=O)c3cccc4cccnc34)c(OC(F)(F)F)c2)CC1)c1ccc(F)cc1. The maximum Gasteiger partial charge on any atom is 0.573 e. The molecule has 0 unspecified atom stereocenters. The molecule has 2 amide bonds. The number of hydrogen-bond donors (Lipinski definition) is 1. The largest absolute Gasteiger partial charge is 0.573 e. The summed E-state index contributed by atoms with van der Waals surface area (Å²) in [5, 5.41) is 0.508. The molecule has 1 aliphatic heterocycles. The Morgan fingerprint density at radius 1 is 0.889 bits per heavy atom. The molecule has 9 nitrogen and oxygen atoms in total. The summed E-state index contributed by atoms with van der Waals surface area (Å²) >= 11 is 0. The van der Waals surface area contributed by atoms with E-state index in [-0.39, 0.29) is 48.1 Å². The van der Waals surface area contributed by atoms with E-state index < -0.39 is 45.0 Å². The zero-order valence-electron chi connectivity index (χ0n) is 24.1. The number of carbonyl (C=O) groups is 2. The number of amides is 2. The summed E-state index contributed by atoms with van der Waals surface area (Å²) in [4.78, 5) is 33.4. The van der Waals surface area contributed by atoms with Crippen molar-refractivity contribution in [1.82, 2.24) is 14.8 Å². The van der Waals surface area contributed by atoms with Gasteiger partial charge in [-0.3, -0.25) is 19.3 Å². The lowest BCUT2D eigenvalue weighted by Gasteiger charge is -2.39. The van der Waals surface area contributed by atoms with Crippen LogP contribution in [0.2, 0.25) is 0 Å². The zero-order valence-corrected chi connectivity index (χ0v) is 25.0. The molecule has 0 bridgehead atoms. The normalized spacial score (nSPS) is 14.4. The van der Waals surface area contributed by atoms with Gasteiger partial charge in [0.15, 0.2) is 5.75 Å². The van der Waals surface area contributed by atoms with Gasteiger partial charge in [0.25, 0.3) is 15.9 Å². The maximum atomic E-state index is 13.4. The third-order valence-electron chi connectivity index (χ3n) is 7.54. The lowest BCUT2D eigenvalue weighted by molar-refractivity contribution is -0.274. The molecule has 1 aromatic heterocycles. The van der Waals surface area contributed by atoms with E-state index in [1.165, 1.54) is 53.6 Å². The Kier molecular flexibility index (Phi) is 8.45. The molecule has 0 spiro atoms. The lowest BCUT2D eigenvalue weighted by atomic mass is 9.83. The molecule has 1 fully saturated rings. The molecule has 4 aromatic rings. The van der Waals surface area contributed by atoms with Gasteiger partial charge in [-0.05, 0) is 61.9 Å². The van der Waals surface area contributed by atoms with Crippen LogP contribution in [0.25, 0.3) is 10.9 Å². The topological polar surface area (TPSA) is 109 Å². The average molecular weight is 645 g/mol. The second-order valence-corrected chi connectivity index (χ2v) is 12.6. The number of alkyl halides is 3. The number of fused-ring (bicyclic) bond motifs is 1. The molecule has 1 N–H and O–H groups in total. The van der Waals surface area contributed by atoms with Gasteiger partial charge in [0.2, 0.25) is 5.91 Å². The van der Waals surface area contributed by atoms with Crippen molar-refractivity contribution in [2.45, 2.75) is 30.5 Å². The van der Waals surface area contributed by atoms with Gasteiger partial charge < -0.3 is 14.5 Å². The van der Waals surface area contributed by atoms with Gasteiger partial charge in [-0.15, -0.1) is 13.2 Å². The fourth-order valence-electron chi connectivity index (χ4n) is 5.12. The van der Waals surface area contributed by atoms with E-state index in [1.807, 2.05) is 0 Å². The predicted molar refractivity (Wildman–Crippen MR) is 158 cm³/mol. The first kappa shape index (κ1) is 31.7. The number of piperazine rings is 1. The molecule has 236 valence electrons. The first-order valence-corrected chi connectivity index (χ1v) is 15.2. The van der Waals surface area contributed by atoms with Crippen molar-refractivity contribution in [2.24, 2.45) is 0 Å². The van der Waals surface area contributed by atoms with Gasteiger partial charge in [0, 0.05) is 43.3 Å². The standard InChI is InChI=1S/C31H28F4N4O5S/c1-30(2,22-9-11-23(32)12-10-22)29(41)39-17-15-38(16-18-39)28(40)21-8-13-24(25(19-21)44-31(33,34)35)37-45(42,43)26-7-3-5-20-6-4-14-36-27(20)26/h3-14,19,37H,15-18H2,1-2H3. The second-order valence-electron chi connectivity index (χ2n) is 10.9. The third kappa shape index (κ3) is 6.85. The van der Waals surface area contributed by atoms with E-state index in [2.05, 4.69) is 14.4 Å². The Morgan fingerprint density at radius 2 is 1.53 bits per heavy atom. The summed E-state index contributed by atoms with van der Waals surface area (Å²) in [6.45, 7) is 3.96. The van der Waals surface area contributed by atoms with Crippen LogP contribution in [-0.2, 0) is 20.2 Å². The number of hydrogen-bond acceptors (Lipinski definition) is 6. The van der Waals surface area contributed by atoms with E-state index in [4.69, 9.17) is 0 Å². The highest BCUT2D eigenvalue weighted by Crippen LogP contribution is 2.34. The number of halogens is 4. The Labute approximate surface area is 256 Å². The number of benzene rings is 3. The van der Waals surface area contributed by atoms with E-state index in [1.54, 1.807) is 36.9 Å². The van der Waals surface area contributed by atoms with Gasteiger partial charge in [-0.25, -0.2) is 12.8 Å². The molecule has 14 heteroatoms. The van der Waals surface area contributed by atoms with Gasteiger partial charge >= 0.3 is 6.36 Å². The number of carbonyl (C=O) groups excluding carboxylic acids is 2. The predicted octanol–water partition coefficient (Wildman–Crippen LogP) is 5.34. The number of nitrogens with one attached hydrogen (secondary N) is 1. The zero-order chi connectivity index (χ0) is 32.6. The number of pyridine rings is 1. The van der Waals surface area contributed by atoms with Crippen LogP contribution in [0.15, 0.2) is 83.9 Å². The van der Waals surface area contributed by atoms with Crippen molar-refractivity contribution in [1.29, 1.82) is 0 Å². The molecule has 0 saturated carbocycles. The molecule has 0 radical (unpaired) electrons. The summed E-state index contributed by atoms with van der Waals surface area (Å²) in [6.07, 6.45) is -3.80. The number of rotatable bonds is 7. The highest BCUT2D eigenvalue weighted by Gasteiger charge is 2.37. The summed E-state index contributed by atoms with van der Waals surface area (Å²) in [5.74, 6) is -2.19. The van der Waals surface area contributed by atoms with Crippen molar-refractivity contribution < 1.29 is 40.3 Å². The molecular weight excluding hydrogens is 616 g/mol. The number of anilines is 1. The maximum absolute atomic E-state index is 13.4. The van der Waals surface area contributed by atoms with Crippen LogP contribution < -0.4 is 9.46 Å². The number of sulfonamides is 1. The third-order valence-corrected chi connectivity index (χ3v) is 8.94. The lowest BCUT2D eigenvalue weighted by Crippen LogP contribution is -2.54. The quantitative estimate of drug-likeness (QED) is 0.273. The summed E-state index contributed by atoms with van der Waals surface area (Å²) in [7, 11) is -4.43. The second kappa shape index (κ2) is 12.0. The number of aromatic nitrogens is 1. The monoisotopic (exact) mass is 644 g/mol. The molecular formula is C31H28F4N4O5S. The Bertz CT molecular complexity index is 1850. The first-order valence-electron chi connectivity index (χ1n) is 13.8. The molecule has 1 saturated heterocycles. The minimum absolute atomic E-state index is 0.0992. The van der Waals surface area contributed by atoms with Gasteiger partial charge in [-0.2, -0.15) is 0 Å². The Morgan fingerprint density at radius 3 is 2.20 bits per heavy atom. The van der Waals surface area contributed by atoms with Gasteiger partial charge in [0.1, 0.15) is 10.7 Å². The fourth-order valence-corrected chi connectivity index (χ4v) is 6.37. The number of nitrogens with zero attached hydrogens (tertiary/aromatic N) is 3. The minimum Gasteiger partial charge on any atom is -0.404 e. The van der Waals surface area contributed by atoms with E-state index in [9.17, 15) is 35.6 Å². The first-order chi connectivity index (χ1) is 21.2. The van der Waals surface area contributed by atoms with Crippen LogP contribution in [0.3, 0.4) is 0 Å².